The number of carbonyl (C=O) groups excluding carboxylic acids is 3. The number of carbonyl (C=O) groups is 3. The van der Waals surface area contributed by atoms with Crippen LogP contribution in [0.1, 0.15) is 23.8 Å². The molecule has 3 heterocycles. The van der Waals surface area contributed by atoms with Crippen molar-refractivity contribution >= 4 is 56.6 Å². The van der Waals surface area contributed by atoms with Crippen LogP contribution in [0, 0.1) is 5.82 Å². The van der Waals surface area contributed by atoms with Crippen LogP contribution in [0.5, 0.6) is 5.75 Å². The summed E-state index contributed by atoms with van der Waals surface area (Å²) in [6.07, 6.45) is -4.84. The summed E-state index contributed by atoms with van der Waals surface area (Å²) in [5, 5.41) is 3.37. The molecule has 2 aliphatic rings. The van der Waals surface area contributed by atoms with Gasteiger partial charge < -0.3 is 24.8 Å². The summed E-state index contributed by atoms with van der Waals surface area (Å²) in [5.74, 6) is -4.78. The Morgan fingerprint density at radius 2 is 1.90 bits per heavy atom. The number of nitrogens with one attached hydrogen (secondary N) is 3. The van der Waals surface area contributed by atoms with E-state index in [9.17, 15) is 40.4 Å². The lowest BCUT2D eigenvalue weighted by molar-refractivity contribution is -0.162. The molecule has 40 heavy (non-hydrogen) atoms. The van der Waals surface area contributed by atoms with Crippen LogP contribution in [0.4, 0.5) is 23.2 Å². The third-order valence-corrected chi connectivity index (χ3v) is 8.88. The molecule has 0 bridgehead atoms. The quantitative estimate of drug-likeness (QED) is 0.352. The lowest BCUT2D eigenvalue weighted by Crippen LogP contribution is -2.55. The molecule has 3 N–H and O–H groups in total. The van der Waals surface area contributed by atoms with E-state index in [0.29, 0.717) is 6.92 Å². The third kappa shape index (κ3) is 5.57. The van der Waals surface area contributed by atoms with Gasteiger partial charge >= 0.3 is 18.0 Å². The Bertz CT molecular complexity index is 1520. The number of amides is 3. The molecule has 2 aromatic rings. The van der Waals surface area contributed by atoms with Gasteiger partial charge in [-0.15, -0.1) is 0 Å². The number of aromatic nitrogens is 1. The lowest BCUT2D eigenvalue weighted by atomic mass is 10.0. The summed E-state index contributed by atoms with van der Waals surface area (Å²) in [6, 6.07) is 1.10. The molecule has 18 heteroatoms. The van der Waals surface area contributed by atoms with Gasteiger partial charge in [-0.1, -0.05) is 23.2 Å². The second kappa shape index (κ2) is 10.4. The van der Waals surface area contributed by atoms with E-state index in [2.05, 4.69) is 10.0 Å². The SMILES string of the molecule is C[C@@H](NC(=O)C(=O)N1CCC2(COc3c(c(Cl)n(C)c3C(=O)Nc3ccc(F)c(Cl)c3)S(=O)(=O)N2)C1)C(F)(F)F. The Hall–Kier alpha value is -3.08. The van der Waals surface area contributed by atoms with Crippen molar-refractivity contribution in [1.82, 2.24) is 19.5 Å². The lowest BCUT2D eigenvalue weighted by Gasteiger charge is -2.27. The molecule has 11 nitrogen and oxygen atoms in total. The number of likely N-dealkylation sites (tertiary alicyclic amines) is 1. The van der Waals surface area contributed by atoms with Gasteiger partial charge in [0.15, 0.2) is 16.3 Å². The van der Waals surface area contributed by atoms with Crippen molar-refractivity contribution in [1.29, 1.82) is 0 Å². The van der Waals surface area contributed by atoms with Gasteiger partial charge in [0.25, 0.3) is 5.91 Å². The van der Waals surface area contributed by atoms with Gasteiger partial charge in [0.1, 0.15) is 23.6 Å². The van der Waals surface area contributed by atoms with E-state index in [1.54, 1.807) is 5.32 Å². The van der Waals surface area contributed by atoms with Gasteiger partial charge in [0.05, 0.1) is 10.6 Å². The number of hydrogen-bond acceptors (Lipinski definition) is 6. The van der Waals surface area contributed by atoms with E-state index in [-0.39, 0.29) is 34.5 Å². The zero-order valence-corrected chi connectivity index (χ0v) is 23.0. The average molecular weight is 630 g/mol. The summed E-state index contributed by atoms with van der Waals surface area (Å²) < 4.78 is 87.9. The molecule has 2 atom stereocenters. The molecular weight excluding hydrogens is 609 g/mol. The molecule has 1 fully saturated rings. The first kappa shape index (κ1) is 29.9. The van der Waals surface area contributed by atoms with E-state index >= 15 is 0 Å². The van der Waals surface area contributed by atoms with Gasteiger partial charge in [0, 0.05) is 25.8 Å². The number of ether oxygens (including phenoxy) is 1. The van der Waals surface area contributed by atoms with Crippen molar-refractivity contribution in [3.05, 3.63) is 39.9 Å². The number of anilines is 1. The number of fused-ring (bicyclic) bond motifs is 1. The van der Waals surface area contributed by atoms with Crippen LogP contribution in [0.2, 0.25) is 10.2 Å². The average Bonchev–Trinajstić information content (AvgIpc) is 3.33. The Morgan fingerprint density at radius 1 is 1.23 bits per heavy atom. The Labute approximate surface area is 234 Å². The van der Waals surface area contributed by atoms with Crippen molar-refractivity contribution < 1.29 is 45.1 Å². The molecule has 0 aliphatic carbocycles. The molecule has 218 valence electrons. The van der Waals surface area contributed by atoms with E-state index < -0.39 is 75.1 Å². The van der Waals surface area contributed by atoms with E-state index in [0.717, 1.165) is 21.6 Å². The zero-order chi connectivity index (χ0) is 29.8. The fourth-order valence-electron chi connectivity index (χ4n) is 4.30. The highest BCUT2D eigenvalue weighted by Crippen LogP contribution is 2.41. The van der Waals surface area contributed by atoms with Gasteiger partial charge in [-0.25, -0.2) is 12.8 Å². The molecule has 4 rings (SSSR count). The smallest absolute Gasteiger partial charge is 0.408 e. The van der Waals surface area contributed by atoms with Gasteiger partial charge in [-0.05, 0) is 31.5 Å². The van der Waals surface area contributed by atoms with E-state index in [4.69, 9.17) is 27.9 Å². The number of nitrogens with zero attached hydrogens (tertiary/aromatic N) is 2. The van der Waals surface area contributed by atoms with Crippen LogP contribution in [-0.4, -0.2) is 73.1 Å². The fraction of sp³-hybridized carbons (Fsp3) is 0.409. The monoisotopic (exact) mass is 629 g/mol. The normalized spacial score (nSPS) is 20.9. The first-order valence-corrected chi connectivity index (χ1v) is 13.7. The molecule has 1 unspecified atom stereocenters. The van der Waals surface area contributed by atoms with Crippen LogP contribution < -0.4 is 20.1 Å². The van der Waals surface area contributed by atoms with Gasteiger partial charge in [0.2, 0.25) is 10.0 Å². The molecule has 1 aromatic heterocycles. The molecule has 1 aromatic carbocycles. The summed E-state index contributed by atoms with van der Waals surface area (Å²) >= 11 is 12.0. The number of sulfonamides is 1. The highest BCUT2D eigenvalue weighted by Gasteiger charge is 2.50. The minimum absolute atomic E-state index is 0.0658. The number of rotatable bonds is 3. The van der Waals surface area contributed by atoms with Crippen molar-refractivity contribution in [3.63, 3.8) is 0 Å². The molecule has 3 amide bonds. The van der Waals surface area contributed by atoms with Crippen molar-refractivity contribution in [2.75, 3.05) is 25.0 Å². The second-order valence-corrected chi connectivity index (χ2v) is 11.7. The van der Waals surface area contributed by atoms with E-state index in [1.807, 2.05) is 0 Å². The van der Waals surface area contributed by atoms with Crippen molar-refractivity contribution in [2.24, 2.45) is 7.05 Å². The summed E-state index contributed by atoms with van der Waals surface area (Å²) in [4.78, 5) is 38.1. The van der Waals surface area contributed by atoms with Crippen LogP contribution in [0.3, 0.4) is 0 Å². The minimum atomic E-state index is -4.77. The molecule has 0 saturated carbocycles. The van der Waals surface area contributed by atoms with E-state index in [1.165, 1.54) is 13.1 Å². The predicted octanol–water partition coefficient (Wildman–Crippen LogP) is 2.43. The predicted molar refractivity (Wildman–Crippen MR) is 133 cm³/mol. The van der Waals surface area contributed by atoms with Crippen molar-refractivity contribution in [3.8, 4) is 5.75 Å². The van der Waals surface area contributed by atoms with Crippen LogP contribution in [0.25, 0.3) is 0 Å². The number of benzene rings is 1. The molecule has 1 saturated heterocycles. The maximum Gasteiger partial charge on any atom is 0.408 e. The fourth-order valence-corrected chi connectivity index (χ4v) is 6.61. The first-order valence-electron chi connectivity index (χ1n) is 11.4. The molecular formula is C22H21Cl2F4N5O6S. The first-order chi connectivity index (χ1) is 18.5. The van der Waals surface area contributed by atoms with Crippen LogP contribution in [-0.2, 0) is 26.7 Å². The number of hydrogen-bond donors (Lipinski definition) is 3. The Balaban J connectivity index is 1.58. The minimum Gasteiger partial charge on any atom is -0.488 e. The summed E-state index contributed by atoms with van der Waals surface area (Å²) in [6.45, 7) is -0.346. The number of alkyl halides is 3. The Kier molecular flexibility index (Phi) is 7.77. The number of halogens is 6. The highest BCUT2D eigenvalue weighted by atomic mass is 35.5. The highest BCUT2D eigenvalue weighted by molar-refractivity contribution is 7.89. The van der Waals surface area contributed by atoms with Gasteiger partial charge in [-0.2, -0.15) is 17.9 Å². The van der Waals surface area contributed by atoms with Gasteiger partial charge in [-0.3, -0.25) is 14.4 Å². The largest absolute Gasteiger partial charge is 0.488 e. The third-order valence-electron chi connectivity index (χ3n) is 6.42. The molecule has 2 aliphatic heterocycles. The van der Waals surface area contributed by atoms with Crippen LogP contribution in [0.15, 0.2) is 23.1 Å². The molecule has 0 radical (unpaired) electrons. The topological polar surface area (TPSA) is 139 Å². The maximum atomic E-state index is 13.5. The molecule has 1 spiro atoms. The maximum absolute atomic E-state index is 13.5. The standard InChI is InChI=1S/C22H21Cl2F4N5O6S/c1-10(22(26,27)28)29-19(35)20(36)33-6-5-21(8-33)9-39-15-14(32(2)17(24)16(15)40(37,38)31-21)18(34)30-11-3-4-13(25)12(23)7-11/h3-4,7,10,31H,5-6,8-9H2,1-2H3,(H,29,35)(H,30,34)/t10-,21?/m1/s1. The summed E-state index contributed by atoms with van der Waals surface area (Å²) in [5.41, 5.74) is -1.69. The zero-order valence-electron chi connectivity index (χ0n) is 20.7. The second-order valence-electron chi connectivity index (χ2n) is 9.33. The van der Waals surface area contributed by atoms with Crippen molar-refractivity contribution in [2.45, 2.75) is 36.0 Å². The summed E-state index contributed by atoms with van der Waals surface area (Å²) in [7, 11) is -3.18. The van der Waals surface area contributed by atoms with Crippen LogP contribution >= 0.6 is 23.2 Å². The Morgan fingerprint density at radius 3 is 2.52 bits per heavy atom.